The van der Waals surface area contributed by atoms with Crippen LogP contribution < -0.4 is 5.73 Å². The molecule has 1 aromatic heterocycles. The second-order valence-corrected chi connectivity index (χ2v) is 2.40. The van der Waals surface area contributed by atoms with Crippen molar-refractivity contribution in [1.29, 1.82) is 0 Å². The third kappa shape index (κ3) is 1.31. The minimum atomic E-state index is 0. The Kier molecular flexibility index (Phi) is 2.45. The standard InChI is InChI=1S/C8H9N3.CH4/c9-5-8-10-6-3-1-2-4-7(6)11-8;/h1-4H,5,9H2,(H,10,11);1H4. The highest BCUT2D eigenvalue weighted by Gasteiger charge is 1.97. The summed E-state index contributed by atoms with van der Waals surface area (Å²) in [6.45, 7) is 0.467. The summed E-state index contributed by atoms with van der Waals surface area (Å²) < 4.78 is 0. The maximum atomic E-state index is 5.42. The van der Waals surface area contributed by atoms with Gasteiger partial charge in [-0.1, -0.05) is 19.6 Å². The lowest BCUT2D eigenvalue weighted by Gasteiger charge is -1.82. The molecule has 0 unspecified atom stereocenters. The summed E-state index contributed by atoms with van der Waals surface area (Å²) in [6, 6.07) is 7.89. The van der Waals surface area contributed by atoms with Crippen LogP contribution >= 0.6 is 0 Å². The summed E-state index contributed by atoms with van der Waals surface area (Å²) >= 11 is 0. The molecule has 64 valence electrons. The van der Waals surface area contributed by atoms with Gasteiger partial charge in [0.1, 0.15) is 5.82 Å². The number of nitrogens with one attached hydrogen (secondary N) is 1. The van der Waals surface area contributed by atoms with Crippen LogP contribution in [0.5, 0.6) is 0 Å². The smallest absolute Gasteiger partial charge is 0.121 e. The zero-order valence-electron chi connectivity index (χ0n) is 6.04. The number of nitrogens with zero attached hydrogens (tertiary/aromatic N) is 1. The van der Waals surface area contributed by atoms with Gasteiger partial charge >= 0.3 is 0 Å². The molecule has 0 aliphatic carbocycles. The average Bonchev–Trinajstić information content (AvgIpc) is 2.46. The number of benzene rings is 1. The number of rotatable bonds is 1. The molecule has 3 nitrogen and oxygen atoms in total. The number of fused-ring (bicyclic) bond motifs is 1. The first-order valence-corrected chi connectivity index (χ1v) is 3.54. The van der Waals surface area contributed by atoms with E-state index < -0.39 is 0 Å². The fourth-order valence-electron chi connectivity index (χ4n) is 1.10. The second-order valence-electron chi connectivity index (χ2n) is 2.40. The van der Waals surface area contributed by atoms with Crippen molar-refractivity contribution in [2.24, 2.45) is 5.73 Å². The van der Waals surface area contributed by atoms with E-state index in [1.807, 2.05) is 24.3 Å². The Balaban J connectivity index is 0.000000720. The van der Waals surface area contributed by atoms with Crippen LogP contribution in [0.4, 0.5) is 0 Å². The maximum absolute atomic E-state index is 5.42. The summed E-state index contributed by atoms with van der Waals surface area (Å²) in [6.07, 6.45) is 0. The molecular weight excluding hydrogens is 150 g/mol. The van der Waals surface area contributed by atoms with Crippen LogP contribution in [-0.4, -0.2) is 9.97 Å². The Morgan fingerprint density at radius 1 is 1.33 bits per heavy atom. The minimum Gasteiger partial charge on any atom is -0.341 e. The number of aromatic amines is 1. The fraction of sp³-hybridized carbons (Fsp3) is 0.222. The van der Waals surface area contributed by atoms with E-state index in [0.29, 0.717) is 6.54 Å². The lowest BCUT2D eigenvalue weighted by molar-refractivity contribution is 0.958. The molecular formula is C9H13N3. The molecule has 0 atom stereocenters. The number of imidazole rings is 1. The molecule has 0 aliphatic heterocycles. The highest BCUT2D eigenvalue weighted by Crippen LogP contribution is 2.09. The maximum Gasteiger partial charge on any atom is 0.121 e. The van der Waals surface area contributed by atoms with Crippen LogP contribution in [0.3, 0.4) is 0 Å². The normalized spacial score (nSPS) is 9.75. The van der Waals surface area contributed by atoms with E-state index >= 15 is 0 Å². The highest BCUT2D eigenvalue weighted by molar-refractivity contribution is 5.74. The van der Waals surface area contributed by atoms with E-state index in [1.54, 1.807) is 0 Å². The lowest BCUT2D eigenvalue weighted by atomic mass is 10.3. The van der Waals surface area contributed by atoms with Gasteiger partial charge in [-0.2, -0.15) is 0 Å². The van der Waals surface area contributed by atoms with E-state index in [1.165, 1.54) is 0 Å². The van der Waals surface area contributed by atoms with Gasteiger partial charge < -0.3 is 10.7 Å². The predicted molar refractivity (Wildman–Crippen MR) is 50.7 cm³/mol. The third-order valence-corrected chi connectivity index (χ3v) is 1.63. The summed E-state index contributed by atoms with van der Waals surface area (Å²) in [5, 5.41) is 0. The Hall–Kier alpha value is -1.35. The second kappa shape index (κ2) is 3.36. The average molecular weight is 163 g/mol. The highest BCUT2D eigenvalue weighted by atomic mass is 14.9. The third-order valence-electron chi connectivity index (χ3n) is 1.63. The molecule has 0 saturated carbocycles. The monoisotopic (exact) mass is 163 g/mol. The molecule has 0 fully saturated rings. The van der Waals surface area contributed by atoms with Gasteiger partial charge in [-0.15, -0.1) is 0 Å². The van der Waals surface area contributed by atoms with Crippen LogP contribution in [0.25, 0.3) is 11.0 Å². The number of H-pyrrole nitrogens is 1. The molecule has 0 saturated heterocycles. The van der Waals surface area contributed by atoms with Crippen molar-refractivity contribution in [1.82, 2.24) is 9.97 Å². The van der Waals surface area contributed by atoms with Crippen molar-refractivity contribution in [2.45, 2.75) is 14.0 Å². The minimum absolute atomic E-state index is 0. The predicted octanol–water partition coefficient (Wildman–Crippen LogP) is 1.66. The van der Waals surface area contributed by atoms with Crippen molar-refractivity contribution in [3.63, 3.8) is 0 Å². The quantitative estimate of drug-likeness (QED) is 0.671. The van der Waals surface area contributed by atoms with Gasteiger partial charge in [-0.25, -0.2) is 4.98 Å². The number of nitrogens with two attached hydrogens (primary N) is 1. The molecule has 0 radical (unpaired) electrons. The molecule has 1 heterocycles. The Labute approximate surface area is 71.6 Å². The SMILES string of the molecule is C.NCc1nc2ccccc2[nH]1. The first-order valence-electron chi connectivity index (χ1n) is 3.54. The zero-order chi connectivity index (χ0) is 7.68. The molecule has 0 spiro atoms. The first kappa shape index (κ1) is 8.74. The van der Waals surface area contributed by atoms with E-state index in [2.05, 4.69) is 9.97 Å². The van der Waals surface area contributed by atoms with Crippen LogP contribution in [0.15, 0.2) is 24.3 Å². The van der Waals surface area contributed by atoms with Gasteiger partial charge in [0, 0.05) is 0 Å². The molecule has 3 heteroatoms. The first-order chi connectivity index (χ1) is 5.40. The summed E-state index contributed by atoms with van der Waals surface area (Å²) in [5.41, 5.74) is 7.45. The van der Waals surface area contributed by atoms with Crippen molar-refractivity contribution in [3.05, 3.63) is 30.1 Å². The molecule has 12 heavy (non-hydrogen) atoms. The molecule has 0 bridgehead atoms. The molecule has 0 aliphatic rings. The van der Waals surface area contributed by atoms with Crippen molar-refractivity contribution < 1.29 is 0 Å². The molecule has 0 amide bonds. The van der Waals surface area contributed by atoms with Gasteiger partial charge in [-0.05, 0) is 12.1 Å². The summed E-state index contributed by atoms with van der Waals surface area (Å²) in [4.78, 5) is 7.36. The topological polar surface area (TPSA) is 54.7 Å². The summed E-state index contributed by atoms with van der Waals surface area (Å²) in [7, 11) is 0. The lowest BCUT2D eigenvalue weighted by Crippen LogP contribution is -1.97. The number of para-hydroxylation sites is 2. The Bertz CT molecular complexity index is 332. The van der Waals surface area contributed by atoms with E-state index in [-0.39, 0.29) is 7.43 Å². The van der Waals surface area contributed by atoms with Crippen molar-refractivity contribution in [3.8, 4) is 0 Å². The van der Waals surface area contributed by atoms with Crippen LogP contribution in [0, 0.1) is 0 Å². The molecule has 1 aromatic carbocycles. The zero-order valence-corrected chi connectivity index (χ0v) is 6.04. The largest absolute Gasteiger partial charge is 0.341 e. The van der Waals surface area contributed by atoms with Gasteiger partial charge in [-0.3, -0.25) is 0 Å². The Morgan fingerprint density at radius 3 is 2.75 bits per heavy atom. The van der Waals surface area contributed by atoms with Crippen LogP contribution in [0.1, 0.15) is 13.3 Å². The Morgan fingerprint density at radius 2 is 2.08 bits per heavy atom. The molecule has 2 rings (SSSR count). The van der Waals surface area contributed by atoms with Gasteiger partial charge in [0.2, 0.25) is 0 Å². The fourth-order valence-corrected chi connectivity index (χ4v) is 1.10. The van der Waals surface area contributed by atoms with E-state index in [0.717, 1.165) is 16.9 Å². The van der Waals surface area contributed by atoms with Crippen molar-refractivity contribution in [2.75, 3.05) is 0 Å². The number of hydrogen-bond donors (Lipinski definition) is 2. The van der Waals surface area contributed by atoms with Gasteiger partial charge in [0.25, 0.3) is 0 Å². The number of hydrogen-bond acceptors (Lipinski definition) is 2. The van der Waals surface area contributed by atoms with E-state index in [9.17, 15) is 0 Å². The van der Waals surface area contributed by atoms with Crippen molar-refractivity contribution >= 4 is 11.0 Å². The van der Waals surface area contributed by atoms with E-state index in [4.69, 9.17) is 5.73 Å². The molecule has 2 aromatic rings. The van der Waals surface area contributed by atoms with Crippen LogP contribution in [0.2, 0.25) is 0 Å². The van der Waals surface area contributed by atoms with Crippen LogP contribution in [-0.2, 0) is 6.54 Å². The number of aromatic nitrogens is 2. The van der Waals surface area contributed by atoms with Gasteiger partial charge in [0.15, 0.2) is 0 Å². The van der Waals surface area contributed by atoms with Gasteiger partial charge in [0.05, 0.1) is 17.6 Å². The molecule has 3 N–H and O–H groups in total. The summed E-state index contributed by atoms with van der Waals surface area (Å²) in [5.74, 6) is 0.839.